The second-order valence-corrected chi connectivity index (χ2v) is 6.64. The van der Waals surface area contributed by atoms with Gasteiger partial charge in [0.25, 0.3) is 0 Å². The second-order valence-electron chi connectivity index (χ2n) is 6.21. The number of oxazole rings is 1. The molecule has 0 N–H and O–H groups in total. The maximum absolute atomic E-state index is 12.6. The van der Waals surface area contributed by atoms with Crippen LogP contribution in [0, 0.1) is 0 Å². The molecule has 5 aromatic rings. The van der Waals surface area contributed by atoms with Crippen LogP contribution in [0.25, 0.3) is 39.1 Å². The van der Waals surface area contributed by atoms with Gasteiger partial charge >= 0.3 is 5.76 Å². The van der Waals surface area contributed by atoms with Crippen LogP contribution in [0.1, 0.15) is 0 Å². The van der Waals surface area contributed by atoms with Crippen LogP contribution in [0.15, 0.2) is 88.1 Å². The van der Waals surface area contributed by atoms with E-state index in [0.717, 1.165) is 27.7 Å². The lowest BCUT2D eigenvalue weighted by Crippen LogP contribution is -2.08. The third-order valence-corrected chi connectivity index (χ3v) is 4.81. The quantitative estimate of drug-likeness (QED) is 0.415. The van der Waals surface area contributed by atoms with E-state index in [0.29, 0.717) is 16.4 Å². The summed E-state index contributed by atoms with van der Waals surface area (Å²) in [4.78, 5) is 17.5. The molecular formula is C22H13ClN2O2. The summed E-state index contributed by atoms with van der Waals surface area (Å²) in [7, 11) is 0. The number of hydrogen-bond acceptors (Lipinski definition) is 3. The van der Waals surface area contributed by atoms with Crippen LogP contribution in [-0.2, 0) is 0 Å². The normalized spacial score (nSPS) is 11.3. The minimum atomic E-state index is -0.460. The average Bonchev–Trinajstić information content (AvgIpc) is 3.05. The topological polar surface area (TPSA) is 47.5 Å². The van der Waals surface area contributed by atoms with Crippen molar-refractivity contribution in [3.8, 4) is 22.6 Å². The molecule has 2 heterocycles. The van der Waals surface area contributed by atoms with Crippen molar-refractivity contribution < 1.29 is 4.42 Å². The Hall–Kier alpha value is -3.37. The smallest absolute Gasteiger partial charge is 0.405 e. The first kappa shape index (κ1) is 15.9. The molecule has 0 atom stereocenters. The van der Waals surface area contributed by atoms with Gasteiger partial charge in [0, 0.05) is 21.5 Å². The van der Waals surface area contributed by atoms with Gasteiger partial charge in [-0.3, -0.25) is 0 Å². The molecule has 130 valence electrons. The Balaban J connectivity index is 1.92. The molecule has 4 nitrogen and oxygen atoms in total. The van der Waals surface area contributed by atoms with E-state index < -0.39 is 5.76 Å². The predicted molar refractivity (Wildman–Crippen MR) is 107 cm³/mol. The first-order valence-corrected chi connectivity index (χ1v) is 8.86. The van der Waals surface area contributed by atoms with Gasteiger partial charge in [-0.05, 0) is 30.3 Å². The summed E-state index contributed by atoms with van der Waals surface area (Å²) in [5.41, 5.74) is 3.78. The molecule has 5 rings (SSSR count). The van der Waals surface area contributed by atoms with Crippen LogP contribution in [0.4, 0.5) is 0 Å². The monoisotopic (exact) mass is 372 g/mol. The maximum Gasteiger partial charge on any atom is 0.425 e. The number of para-hydroxylation sites is 1. The fourth-order valence-corrected chi connectivity index (χ4v) is 3.45. The SMILES string of the molecule is O=c1oc(-c2ccc(Cl)cc2)c2nc(-c3ccccc3)c3ccccc3n12. The Bertz CT molecular complexity index is 1340. The highest BCUT2D eigenvalue weighted by Gasteiger charge is 2.19. The summed E-state index contributed by atoms with van der Waals surface area (Å²) < 4.78 is 7.11. The van der Waals surface area contributed by atoms with Gasteiger partial charge in [0.2, 0.25) is 0 Å². The van der Waals surface area contributed by atoms with E-state index >= 15 is 0 Å². The molecule has 3 aromatic carbocycles. The number of aromatic nitrogens is 2. The van der Waals surface area contributed by atoms with Crippen molar-refractivity contribution in [1.29, 1.82) is 0 Å². The zero-order valence-electron chi connectivity index (χ0n) is 14.1. The van der Waals surface area contributed by atoms with Crippen LogP contribution in [0.3, 0.4) is 0 Å². The van der Waals surface area contributed by atoms with E-state index in [2.05, 4.69) is 0 Å². The molecule has 0 bridgehead atoms. The number of benzene rings is 3. The lowest BCUT2D eigenvalue weighted by atomic mass is 10.1. The van der Waals surface area contributed by atoms with Crippen molar-refractivity contribution in [2.75, 3.05) is 0 Å². The molecule has 0 saturated heterocycles. The molecule has 0 spiro atoms. The number of rotatable bonds is 2. The highest BCUT2D eigenvalue weighted by Crippen LogP contribution is 2.31. The van der Waals surface area contributed by atoms with Gasteiger partial charge in [0.1, 0.15) is 0 Å². The van der Waals surface area contributed by atoms with Crippen LogP contribution in [0.5, 0.6) is 0 Å². The standard InChI is InChI=1S/C22H13ClN2O2/c23-16-12-10-15(11-13-16)20-21-24-19(14-6-2-1-3-7-14)17-8-4-5-9-18(17)25(21)22(26)27-20/h1-13H. The Morgan fingerprint density at radius 1 is 0.815 bits per heavy atom. The number of nitrogens with zero attached hydrogens (tertiary/aromatic N) is 2. The highest BCUT2D eigenvalue weighted by molar-refractivity contribution is 6.30. The Labute approximate surface area is 159 Å². The van der Waals surface area contributed by atoms with E-state index in [-0.39, 0.29) is 0 Å². The summed E-state index contributed by atoms with van der Waals surface area (Å²) in [5, 5.41) is 1.51. The third-order valence-electron chi connectivity index (χ3n) is 4.56. The molecule has 0 amide bonds. The van der Waals surface area contributed by atoms with Crippen molar-refractivity contribution in [3.05, 3.63) is 94.4 Å². The lowest BCUT2D eigenvalue weighted by Gasteiger charge is -2.08. The van der Waals surface area contributed by atoms with Crippen LogP contribution < -0.4 is 5.76 Å². The summed E-state index contributed by atoms with van der Waals surface area (Å²) >= 11 is 5.99. The fourth-order valence-electron chi connectivity index (χ4n) is 3.32. The largest absolute Gasteiger partial charge is 0.425 e. The molecule has 2 aromatic heterocycles. The van der Waals surface area contributed by atoms with Gasteiger partial charge < -0.3 is 4.42 Å². The van der Waals surface area contributed by atoms with Gasteiger partial charge in [-0.1, -0.05) is 60.1 Å². The molecule has 0 aliphatic carbocycles. The first-order valence-electron chi connectivity index (χ1n) is 8.48. The minimum absolute atomic E-state index is 0.430. The van der Waals surface area contributed by atoms with E-state index in [1.165, 1.54) is 4.40 Å². The summed E-state index contributed by atoms with van der Waals surface area (Å²) in [5.74, 6) is -0.0298. The molecule has 0 unspecified atom stereocenters. The van der Waals surface area contributed by atoms with Gasteiger partial charge in [0.05, 0.1) is 11.2 Å². The fraction of sp³-hybridized carbons (Fsp3) is 0. The predicted octanol–water partition coefficient (Wildman–Crippen LogP) is 5.43. The van der Waals surface area contributed by atoms with Gasteiger partial charge in [-0.25, -0.2) is 14.2 Å². The maximum atomic E-state index is 12.6. The molecule has 0 aliphatic rings. The zero-order chi connectivity index (χ0) is 18.4. The molecular weight excluding hydrogens is 360 g/mol. The van der Waals surface area contributed by atoms with E-state index in [4.69, 9.17) is 21.0 Å². The van der Waals surface area contributed by atoms with Crippen LogP contribution in [0.2, 0.25) is 5.02 Å². The lowest BCUT2D eigenvalue weighted by molar-refractivity contribution is 0.522. The molecule has 27 heavy (non-hydrogen) atoms. The Morgan fingerprint density at radius 3 is 2.30 bits per heavy atom. The van der Waals surface area contributed by atoms with Crippen molar-refractivity contribution >= 4 is 28.2 Å². The van der Waals surface area contributed by atoms with Crippen molar-refractivity contribution in [1.82, 2.24) is 9.38 Å². The number of halogens is 1. The summed E-state index contributed by atoms with van der Waals surface area (Å²) in [6.45, 7) is 0. The Kier molecular flexibility index (Phi) is 3.59. The summed E-state index contributed by atoms with van der Waals surface area (Å²) in [6.07, 6.45) is 0. The summed E-state index contributed by atoms with van der Waals surface area (Å²) in [6, 6.07) is 24.8. The van der Waals surface area contributed by atoms with Crippen molar-refractivity contribution in [3.63, 3.8) is 0 Å². The molecule has 0 aliphatic heterocycles. The number of hydrogen-bond donors (Lipinski definition) is 0. The van der Waals surface area contributed by atoms with Crippen molar-refractivity contribution in [2.24, 2.45) is 0 Å². The van der Waals surface area contributed by atoms with Crippen LogP contribution in [-0.4, -0.2) is 9.38 Å². The average molecular weight is 373 g/mol. The Morgan fingerprint density at radius 2 is 1.52 bits per heavy atom. The third kappa shape index (κ3) is 2.54. The van der Waals surface area contributed by atoms with E-state index in [1.54, 1.807) is 12.1 Å². The molecule has 0 fully saturated rings. The first-order chi connectivity index (χ1) is 13.2. The molecule has 0 saturated carbocycles. The van der Waals surface area contributed by atoms with Gasteiger partial charge in [-0.2, -0.15) is 0 Å². The van der Waals surface area contributed by atoms with Gasteiger partial charge in [0.15, 0.2) is 11.4 Å². The zero-order valence-corrected chi connectivity index (χ0v) is 14.9. The molecule has 5 heteroatoms. The van der Waals surface area contributed by atoms with Crippen molar-refractivity contribution in [2.45, 2.75) is 0 Å². The highest BCUT2D eigenvalue weighted by atomic mass is 35.5. The van der Waals surface area contributed by atoms with Gasteiger partial charge in [-0.15, -0.1) is 0 Å². The molecule has 0 radical (unpaired) electrons. The number of fused-ring (bicyclic) bond motifs is 3. The van der Waals surface area contributed by atoms with E-state index in [1.807, 2.05) is 66.7 Å². The second kappa shape index (κ2) is 6.11. The van der Waals surface area contributed by atoms with E-state index in [9.17, 15) is 4.79 Å². The minimum Gasteiger partial charge on any atom is -0.405 e. The van der Waals surface area contributed by atoms with Crippen LogP contribution >= 0.6 is 11.6 Å².